The molecule has 0 radical (unpaired) electrons. The van der Waals surface area contributed by atoms with Gasteiger partial charge in [-0.3, -0.25) is 4.79 Å². The molecule has 0 saturated carbocycles. The summed E-state index contributed by atoms with van der Waals surface area (Å²) < 4.78 is 4.99. The van der Waals surface area contributed by atoms with E-state index in [0.29, 0.717) is 10.6 Å². The minimum Gasteiger partial charge on any atom is -0.496 e. The summed E-state index contributed by atoms with van der Waals surface area (Å²) in [6, 6.07) is 4.32. The summed E-state index contributed by atoms with van der Waals surface area (Å²) in [5.74, 6) is -1.22. The average molecular weight is 346 g/mol. The van der Waals surface area contributed by atoms with E-state index in [4.69, 9.17) is 27.9 Å². The number of aromatic carboxylic acids is 1. The van der Waals surface area contributed by atoms with Crippen LogP contribution in [0.15, 0.2) is 23.6 Å². The summed E-state index contributed by atoms with van der Waals surface area (Å²) in [5, 5.41) is 13.4. The van der Waals surface area contributed by atoms with Crippen LogP contribution in [0.2, 0.25) is 10.0 Å². The number of benzene rings is 1. The molecule has 2 aromatic rings. The van der Waals surface area contributed by atoms with Gasteiger partial charge in [-0.2, -0.15) is 0 Å². The molecule has 0 aliphatic carbocycles. The predicted molar refractivity (Wildman–Crippen MR) is 82.2 cm³/mol. The van der Waals surface area contributed by atoms with Crippen molar-refractivity contribution in [1.82, 2.24) is 0 Å². The molecule has 1 amide bonds. The first-order valence-corrected chi connectivity index (χ1v) is 7.22. The molecule has 0 unspecified atom stereocenters. The second kappa shape index (κ2) is 6.34. The fourth-order valence-electron chi connectivity index (χ4n) is 1.60. The van der Waals surface area contributed by atoms with E-state index >= 15 is 0 Å². The SMILES string of the molecule is COc1csc(C(=O)Nc2c(Cl)ccc(Cl)c2C(=O)O)c1. The van der Waals surface area contributed by atoms with E-state index in [9.17, 15) is 14.7 Å². The number of carboxylic acid groups (broad SMARTS) is 1. The second-order valence-corrected chi connectivity index (χ2v) is 5.61. The van der Waals surface area contributed by atoms with Crippen molar-refractivity contribution in [2.45, 2.75) is 0 Å². The highest BCUT2D eigenvalue weighted by atomic mass is 35.5. The van der Waals surface area contributed by atoms with E-state index in [0.717, 1.165) is 0 Å². The summed E-state index contributed by atoms with van der Waals surface area (Å²) >= 11 is 13.0. The van der Waals surface area contributed by atoms with Crippen molar-refractivity contribution in [2.75, 3.05) is 12.4 Å². The molecule has 0 saturated heterocycles. The Morgan fingerprint density at radius 3 is 2.52 bits per heavy atom. The number of ether oxygens (including phenoxy) is 1. The van der Waals surface area contributed by atoms with Gasteiger partial charge in [0.05, 0.1) is 27.7 Å². The zero-order valence-electron chi connectivity index (χ0n) is 10.6. The number of halogens is 2. The molecule has 21 heavy (non-hydrogen) atoms. The van der Waals surface area contributed by atoms with Crippen LogP contribution < -0.4 is 10.1 Å². The maximum absolute atomic E-state index is 12.1. The highest BCUT2D eigenvalue weighted by Gasteiger charge is 2.20. The molecule has 1 aromatic heterocycles. The number of hydrogen-bond acceptors (Lipinski definition) is 4. The quantitative estimate of drug-likeness (QED) is 0.877. The Kier molecular flexibility index (Phi) is 4.72. The molecule has 8 heteroatoms. The van der Waals surface area contributed by atoms with Crippen LogP contribution in [0.3, 0.4) is 0 Å². The van der Waals surface area contributed by atoms with Crippen molar-refractivity contribution in [3.8, 4) is 5.75 Å². The smallest absolute Gasteiger partial charge is 0.339 e. The second-order valence-electron chi connectivity index (χ2n) is 3.89. The van der Waals surface area contributed by atoms with Crippen molar-refractivity contribution in [1.29, 1.82) is 0 Å². The van der Waals surface area contributed by atoms with Gasteiger partial charge in [0, 0.05) is 11.4 Å². The largest absolute Gasteiger partial charge is 0.496 e. The van der Waals surface area contributed by atoms with Crippen LogP contribution in [0.25, 0.3) is 0 Å². The summed E-state index contributed by atoms with van der Waals surface area (Å²) in [7, 11) is 1.49. The Hall–Kier alpha value is -1.76. The maximum atomic E-state index is 12.1. The van der Waals surface area contributed by atoms with Crippen molar-refractivity contribution in [3.05, 3.63) is 44.1 Å². The number of carboxylic acids is 1. The fraction of sp³-hybridized carbons (Fsp3) is 0.0769. The Balaban J connectivity index is 2.37. The highest BCUT2D eigenvalue weighted by molar-refractivity contribution is 7.12. The minimum absolute atomic E-state index is 0.00837. The lowest BCUT2D eigenvalue weighted by Crippen LogP contribution is -2.14. The van der Waals surface area contributed by atoms with E-state index in [-0.39, 0.29) is 21.3 Å². The number of nitrogens with one attached hydrogen (secondary N) is 1. The molecule has 2 rings (SSSR count). The number of methoxy groups -OCH3 is 1. The molecule has 0 bridgehead atoms. The monoisotopic (exact) mass is 345 g/mol. The van der Waals surface area contributed by atoms with Crippen LogP contribution in [0.5, 0.6) is 5.75 Å². The molecule has 0 aliphatic rings. The number of anilines is 1. The van der Waals surface area contributed by atoms with Crippen LogP contribution in [0.4, 0.5) is 5.69 Å². The molecule has 110 valence electrons. The summed E-state index contributed by atoms with van der Waals surface area (Å²) in [5.41, 5.74) is -0.282. The van der Waals surface area contributed by atoms with E-state index in [2.05, 4.69) is 5.32 Å². The number of thiophene rings is 1. The lowest BCUT2D eigenvalue weighted by atomic mass is 10.1. The summed E-state index contributed by atoms with van der Waals surface area (Å²) in [6.45, 7) is 0. The Labute approximate surface area is 134 Å². The lowest BCUT2D eigenvalue weighted by Gasteiger charge is -2.11. The van der Waals surface area contributed by atoms with Crippen LogP contribution in [-0.2, 0) is 0 Å². The van der Waals surface area contributed by atoms with Gasteiger partial charge in [0.1, 0.15) is 11.3 Å². The van der Waals surface area contributed by atoms with Gasteiger partial charge in [-0.25, -0.2) is 4.79 Å². The maximum Gasteiger partial charge on any atom is 0.339 e. The van der Waals surface area contributed by atoms with Gasteiger partial charge < -0.3 is 15.2 Å². The van der Waals surface area contributed by atoms with Crippen molar-refractivity contribution < 1.29 is 19.4 Å². The van der Waals surface area contributed by atoms with Crippen molar-refractivity contribution in [3.63, 3.8) is 0 Å². The third kappa shape index (κ3) is 3.29. The topological polar surface area (TPSA) is 75.6 Å². The van der Waals surface area contributed by atoms with Gasteiger partial charge in [0.2, 0.25) is 0 Å². The van der Waals surface area contributed by atoms with E-state index in [1.165, 1.54) is 30.6 Å². The van der Waals surface area contributed by atoms with Gasteiger partial charge >= 0.3 is 5.97 Å². The number of hydrogen-bond donors (Lipinski definition) is 2. The Morgan fingerprint density at radius 1 is 1.29 bits per heavy atom. The Bertz CT molecular complexity index is 714. The van der Waals surface area contributed by atoms with Gasteiger partial charge in [0.25, 0.3) is 5.91 Å². The first-order chi connectivity index (χ1) is 9.93. The predicted octanol–water partition coefficient (Wildman–Crippen LogP) is 4.01. The molecule has 2 N–H and O–H groups in total. The van der Waals surface area contributed by atoms with Crippen LogP contribution >= 0.6 is 34.5 Å². The van der Waals surface area contributed by atoms with E-state index in [1.54, 1.807) is 11.4 Å². The fourth-order valence-corrected chi connectivity index (χ4v) is 2.80. The lowest BCUT2D eigenvalue weighted by molar-refractivity contribution is 0.0698. The number of amides is 1. The molecule has 1 heterocycles. The molecule has 1 aromatic carbocycles. The van der Waals surface area contributed by atoms with Gasteiger partial charge in [-0.15, -0.1) is 11.3 Å². The van der Waals surface area contributed by atoms with Gasteiger partial charge in [-0.05, 0) is 12.1 Å². The number of carbonyl (C=O) groups excluding carboxylic acids is 1. The zero-order chi connectivity index (χ0) is 15.6. The Morgan fingerprint density at radius 2 is 1.95 bits per heavy atom. The molecule has 0 fully saturated rings. The van der Waals surface area contributed by atoms with Gasteiger partial charge in [-0.1, -0.05) is 23.2 Å². The number of carbonyl (C=O) groups is 2. The molecular formula is C13H9Cl2NO4S. The standard InChI is InChI=1S/C13H9Cl2NO4S/c1-20-6-4-9(21-5-6)12(17)16-11-8(15)3-2-7(14)10(11)13(18)19/h2-5H,1H3,(H,16,17)(H,18,19). The summed E-state index contributed by atoms with van der Waals surface area (Å²) in [6.07, 6.45) is 0. The van der Waals surface area contributed by atoms with Crippen LogP contribution in [-0.4, -0.2) is 24.1 Å². The van der Waals surface area contributed by atoms with Crippen LogP contribution in [0, 0.1) is 0 Å². The molecule has 5 nitrogen and oxygen atoms in total. The molecule has 0 spiro atoms. The van der Waals surface area contributed by atoms with E-state index < -0.39 is 11.9 Å². The van der Waals surface area contributed by atoms with E-state index in [1.807, 2.05) is 0 Å². The first kappa shape index (κ1) is 15.6. The third-order valence-corrected chi connectivity index (χ3v) is 4.13. The molecular weight excluding hydrogens is 337 g/mol. The molecule has 0 atom stereocenters. The molecule has 0 aliphatic heterocycles. The highest BCUT2D eigenvalue weighted by Crippen LogP contribution is 2.33. The zero-order valence-corrected chi connectivity index (χ0v) is 13.0. The van der Waals surface area contributed by atoms with Gasteiger partial charge in [0.15, 0.2) is 0 Å². The third-order valence-electron chi connectivity index (χ3n) is 2.59. The van der Waals surface area contributed by atoms with Crippen LogP contribution in [0.1, 0.15) is 20.0 Å². The summed E-state index contributed by atoms with van der Waals surface area (Å²) in [4.78, 5) is 23.7. The minimum atomic E-state index is -1.28. The average Bonchev–Trinajstić information content (AvgIpc) is 2.91. The normalized spacial score (nSPS) is 10.2. The van der Waals surface area contributed by atoms with Crippen molar-refractivity contribution >= 4 is 52.1 Å². The van der Waals surface area contributed by atoms with Crippen molar-refractivity contribution in [2.24, 2.45) is 0 Å². The first-order valence-electron chi connectivity index (χ1n) is 5.59. The number of rotatable bonds is 4.